The van der Waals surface area contributed by atoms with Crippen LogP contribution in [-0.2, 0) is 4.79 Å². The van der Waals surface area contributed by atoms with Crippen molar-refractivity contribution in [2.45, 2.75) is 37.9 Å². The molecule has 2 unspecified atom stereocenters. The van der Waals surface area contributed by atoms with E-state index in [2.05, 4.69) is 0 Å². The predicted molar refractivity (Wildman–Crippen MR) is 115 cm³/mol. The summed E-state index contributed by atoms with van der Waals surface area (Å²) in [5.41, 5.74) is 0. The lowest BCUT2D eigenvalue weighted by Gasteiger charge is -2.19. The number of aliphatic hydroxyl groups is 2. The molecule has 2 saturated carbocycles. The van der Waals surface area contributed by atoms with Gasteiger partial charge in [0.05, 0.1) is 11.9 Å². The summed E-state index contributed by atoms with van der Waals surface area (Å²) in [6.07, 6.45) is 6.62. The van der Waals surface area contributed by atoms with Crippen LogP contribution in [0, 0.1) is 23.7 Å². The second-order valence-electron chi connectivity index (χ2n) is 8.10. The number of carboxylic acid groups (broad SMARTS) is 1. The number of aliphatic carboxylic acids is 1. The highest BCUT2D eigenvalue weighted by molar-refractivity contribution is 7.99. The lowest BCUT2D eigenvalue weighted by Crippen LogP contribution is -2.20. The van der Waals surface area contributed by atoms with Gasteiger partial charge in [-0.15, -0.1) is 0 Å². The van der Waals surface area contributed by atoms with Crippen molar-refractivity contribution in [2.24, 2.45) is 23.7 Å². The largest absolute Gasteiger partial charge is 0.491 e. The Hall–Kier alpha value is -1.21. The summed E-state index contributed by atoms with van der Waals surface area (Å²) in [7, 11) is 0. The summed E-state index contributed by atoms with van der Waals surface area (Å²) < 4.78 is 5.57. The molecule has 0 bridgehead atoms. The van der Waals surface area contributed by atoms with Gasteiger partial charge in [0, 0.05) is 10.9 Å². The molecule has 1 aromatic rings. The van der Waals surface area contributed by atoms with Crippen molar-refractivity contribution in [3.8, 4) is 5.75 Å². The van der Waals surface area contributed by atoms with E-state index in [0.717, 1.165) is 31.4 Å². The number of carboxylic acids is 1. The molecule has 2 fully saturated rings. The zero-order valence-electron chi connectivity index (χ0n) is 16.3. The Morgan fingerprint density at radius 1 is 1.34 bits per heavy atom. The number of hydrogen-bond acceptors (Lipinski definition) is 5. The molecule has 2 aliphatic rings. The SMILES string of the molecule is O=C(O)CSCCC1C[C@H]2C[C@@H](O)[C@H](C=CC(O)COc3cccc(Cl)c3)[C@@H]2C1. The molecular formula is C22H29ClO5S. The van der Waals surface area contributed by atoms with Crippen LogP contribution in [0.25, 0.3) is 0 Å². The summed E-state index contributed by atoms with van der Waals surface area (Å²) in [6, 6.07) is 7.06. The van der Waals surface area contributed by atoms with E-state index in [1.165, 1.54) is 11.8 Å². The van der Waals surface area contributed by atoms with Gasteiger partial charge in [0.2, 0.25) is 0 Å². The molecule has 29 heavy (non-hydrogen) atoms. The van der Waals surface area contributed by atoms with Crippen LogP contribution in [0.2, 0.25) is 5.02 Å². The summed E-state index contributed by atoms with van der Waals surface area (Å²) in [5, 5.41) is 30.0. The Kier molecular flexibility index (Phi) is 8.30. The number of carbonyl (C=O) groups is 1. The number of rotatable bonds is 10. The van der Waals surface area contributed by atoms with Crippen LogP contribution in [0.15, 0.2) is 36.4 Å². The number of aliphatic hydroxyl groups excluding tert-OH is 2. The normalized spacial score (nSPS) is 29.8. The average Bonchev–Trinajstić information content (AvgIpc) is 3.18. The molecule has 3 N–H and O–H groups in total. The first-order valence-electron chi connectivity index (χ1n) is 10.1. The molecule has 0 amide bonds. The fourth-order valence-electron chi connectivity index (χ4n) is 4.74. The van der Waals surface area contributed by atoms with Crippen LogP contribution in [0.5, 0.6) is 5.75 Å². The van der Waals surface area contributed by atoms with Gasteiger partial charge in [-0.05, 0) is 67.4 Å². The number of hydrogen-bond donors (Lipinski definition) is 3. The van der Waals surface area contributed by atoms with Crippen LogP contribution in [0.1, 0.15) is 25.7 Å². The first-order chi connectivity index (χ1) is 13.9. The smallest absolute Gasteiger partial charge is 0.313 e. The van der Waals surface area contributed by atoms with Crippen molar-refractivity contribution in [1.29, 1.82) is 0 Å². The van der Waals surface area contributed by atoms with Crippen molar-refractivity contribution in [1.82, 2.24) is 0 Å². The molecule has 0 aliphatic heterocycles. The van der Waals surface area contributed by atoms with Gasteiger partial charge in [0.25, 0.3) is 0 Å². The zero-order valence-corrected chi connectivity index (χ0v) is 17.9. The summed E-state index contributed by atoms with van der Waals surface area (Å²) in [6.45, 7) is 0.136. The minimum absolute atomic E-state index is 0.0671. The highest BCUT2D eigenvalue weighted by Crippen LogP contribution is 2.51. The Balaban J connectivity index is 1.45. The maximum atomic E-state index is 10.6. The number of ether oxygens (including phenoxy) is 1. The first-order valence-corrected chi connectivity index (χ1v) is 11.7. The lowest BCUT2D eigenvalue weighted by atomic mass is 9.89. The summed E-state index contributed by atoms with van der Waals surface area (Å²) >= 11 is 7.41. The van der Waals surface area contributed by atoms with Gasteiger partial charge < -0.3 is 20.1 Å². The van der Waals surface area contributed by atoms with Crippen molar-refractivity contribution < 1.29 is 24.9 Å². The van der Waals surface area contributed by atoms with Crippen LogP contribution < -0.4 is 4.74 Å². The second-order valence-corrected chi connectivity index (χ2v) is 9.64. The van der Waals surface area contributed by atoms with Gasteiger partial charge in [-0.25, -0.2) is 0 Å². The van der Waals surface area contributed by atoms with E-state index in [1.54, 1.807) is 30.3 Å². The molecule has 5 nitrogen and oxygen atoms in total. The highest BCUT2D eigenvalue weighted by Gasteiger charge is 2.46. The first kappa shape index (κ1) is 22.5. The van der Waals surface area contributed by atoms with E-state index in [4.69, 9.17) is 21.4 Å². The van der Waals surface area contributed by atoms with Crippen LogP contribution in [0.3, 0.4) is 0 Å². The number of halogens is 1. The van der Waals surface area contributed by atoms with Gasteiger partial charge in [0.15, 0.2) is 0 Å². The average molecular weight is 441 g/mol. The molecule has 0 aromatic heterocycles. The topological polar surface area (TPSA) is 87.0 Å². The maximum Gasteiger partial charge on any atom is 0.313 e. The molecule has 1 aromatic carbocycles. The van der Waals surface area contributed by atoms with Crippen molar-refractivity contribution in [2.75, 3.05) is 18.1 Å². The van der Waals surface area contributed by atoms with Crippen molar-refractivity contribution >= 4 is 29.3 Å². The van der Waals surface area contributed by atoms with E-state index < -0.39 is 12.1 Å². The maximum absolute atomic E-state index is 10.6. The third-order valence-corrected chi connectivity index (χ3v) is 7.21. The zero-order chi connectivity index (χ0) is 20.8. The van der Waals surface area contributed by atoms with E-state index in [-0.39, 0.29) is 24.4 Å². The van der Waals surface area contributed by atoms with Crippen LogP contribution >= 0.6 is 23.4 Å². The number of fused-ring (bicyclic) bond motifs is 1. The summed E-state index contributed by atoms with van der Waals surface area (Å²) in [4.78, 5) is 10.6. The van der Waals surface area contributed by atoms with E-state index in [9.17, 15) is 15.0 Å². The minimum atomic E-state index is -0.760. The number of thioether (sulfide) groups is 1. The predicted octanol–water partition coefficient (Wildman–Crippen LogP) is 3.87. The van der Waals surface area contributed by atoms with E-state index in [1.807, 2.05) is 6.08 Å². The third-order valence-electron chi connectivity index (χ3n) is 6.00. The Labute approximate surface area is 181 Å². The van der Waals surface area contributed by atoms with Gasteiger partial charge >= 0.3 is 5.97 Å². The van der Waals surface area contributed by atoms with Gasteiger partial charge in [-0.3, -0.25) is 4.79 Å². The van der Waals surface area contributed by atoms with Crippen molar-refractivity contribution in [3.05, 3.63) is 41.4 Å². The fraction of sp³-hybridized carbons (Fsp3) is 0.591. The van der Waals surface area contributed by atoms with Crippen molar-refractivity contribution in [3.63, 3.8) is 0 Å². The highest BCUT2D eigenvalue weighted by atomic mass is 35.5. The minimum Gasteiger partial charge on any atom is -0.491 e. The second kappa shape index (κ2) is 10.7. The van der Waals surface area contributed by atoms with Gasteiger partial charge in [-0.1, -0.05) is 29.8 Å². The van der Waals surface area contributed by atoms with Crippen LogP contribution in [0.4, 0.5) is 0 Å². The third kappa shape index (κ3) is 6.64. The van der Waals surface area contributed by atoms with Gasteiger partial charge in [-0.2, -0.15) is 11.8 Å². The molecule has 0 saturated heterocycles. The van der Waals surface area contributed by atoms with E-state index in [0.29, 0.717) is 28.5 Å². The molecule has 6 atom stereocenters. The summed E-state index contributed by atoms with van der Waals surface area (Å²) in [5.74, 6) is 2.53. The molecule has 3 rings (SSSR count). The molecule has 7 heteroatoms. The fourth-order valence-corrected chi connectivity index (χ4v) is 5.74. The van der Waals surface area contributed by atoms with E-state index >= 15 is 0 Å². The molecule has 0 heterocycles. The Bertz CT molecular complexity index is 712. The molecule has 0 radical (unpaired) electrons. The quantitative estimate of drug-likeness (QED) is 0.378. The monoisotopic (exact) mass is 440 g/mol. The standard InChI is InChI=1S/C22H29ClO5S/c23-16-2-1-3-18(11-16)28-12-17(24)4-5-19-20-9-14(6-7-29-13-22(26)27)8-15(20)10-21(19)25/h1-5,11,14-15,17,19-21,24-25H,6-10,12-13H2,(H,26,27)/t14?,15-,17?,19+,20+,21+/m0/s1. The lowest BCUT2D eigenvalue weighted by molar-refractivity contribution is -0.133. The Morgan fingerprint density at radius 3 is 2.93 bits per heavy atom. The molecule has 0 spiro atoms. The van der Waals surface area contributed by atoms with Crippen LogP contribution in [-0.4, -0.2) is 51.6 Å². The molecule has 160 valence electrons. The Morgan fingerprint density at radius 2 is 2.17 bits per heavy atom. The van der Waals surface area contributed by atoms with Gasteiger partial charge in [0.1, 0.15) is 18.5 Å². The molecule has 2 aliphatic carbocycles. The molecular weight excluding hydrogens is 412 g/mol. The number of benzene rings is 1.